The first-order chi connectivity index (χ1) is 15.3. The molecule has 2 unspecified atom stereocenters. The van der Waals surface area contributed by atoms with Crippen LogP contribution < -0.4 is 10.6 Å². The van der Waals surface area contributed by atoms with Crippen LogP contribution in [0, 0.1) is 5.41 Å². The smallest absolute Gasteiger partial charge is 0.239 e. The van der Waals surface area contributed by atoms with E-state index < -0.39 is 17.4 Å². The Morgan fingerprint density at radius 1 is 1.03 bits per heavy atom. The van der Waals surface area contributed by atoms with Crippen molar-refractivity contribution in [3.63, 3.8) is 0 Å². The fourth-order valence-corrected chi connectivity index (χ4v) is 6.16. The quantitative estimate of drug-likeness (QED) is 0.577. The second-order valence-corrected chi connectivity index (χ2v) is 11.7. The van der Waals surface area contributed by atoms with Crippen LogP contribution in [0.3, 0.4) is 0 Å². The van der Waals surface area contributed by atoms with Gasteiger partial charge in [0.1, 0.15) is 5.41 Å². The Kier molecular flexibility index (Phi) is 6.24. The highest BCUT2D eigenvalue weighted by molar-refractivity contribution is 6.34. The molecule has 0 radical (unpaired) electrons. The number of amides is 2. The van der Waals surface area contributed by atoms with Crippen molar-refractivity contribution < 1.29 is 9.59 Å². The van der Waals surface area contributed by atoms with E-state index in [2.05, 4.69) is 31.4 Å². The number of anilines is 1. The lowest BCUT2D eigenvalue weighted by Crippen LogP contribution is -2.49. The summed E-state index contributed by atoms with van der Waals surface area (Å²) in [4.78, 5) is 29.0. The van der Waals surface area contributed by atoms with Crippen molar-refractivity contribution in [1.29, 1.82) is 0 Å². The van der Waals surface area contributed by atoms with Gasteiger partial charge in [0.05, 0.1) is 6.04 Å². The summed E-state index contributed by atoms with van der Waals surface area (Å²) in [6.07, 6.45) is 0.671. The number of hydrogen-bond donors (Lipinski definition) is 2. The highest BCUT2D eigenvalue weighted by Gasteiger charge is 2.65. The number of nitrogens with zero attached hydrogens (tertiary/aromatic N) is 1. The minimum atomic E-state index is -1.04. The van der Waals surface area contributed by atoms with Crippen LogP contribution in [-0.2, 0) is 15.0 Å². The molecule has 2 amide bonds. The number of benzene rings is 2. The van der Waals surface area contributed by atoms with E-state index >= 15 is 0 Å². The van der Waals surface area contributed by atoms with Crippen molar-refractivity contribution in [2.45, 2.75) is 50.6 Å². The van der Waals surface area contributed by atoms with Gasteiger partial charge >= 0.3 is 0 Å². The lowest BCUT2D eigenvalue weighted by atomic mass is 9.62. The topological polar surface area (TPSA) is 61.4 Å². The fraction of sp³-hybridized carbons (Fsp3) is 0.440. The van der Waals surface area contributed by atoms with E-state index in [1.54, 1.807) is 49.3 Å². The molecule has 4 atom stereocenters. The molecule has 2 aliphatic heterocycles. The van der Waals surface area contributed by atoms with Crippen LogP contribution in [-0.4, -0.2) is 42.9 Å². The van der Waals surface area contributed by atoms with Gasteiger partial charge in [-0.1, -0.05) is 61.6 Å². The molecule has 33 heavy (non-hydrogen) atoms. The van der Waals surface area contributed by atoms with E-state index in [4.69, 9.17) is 34.8 Å². The third-order valence-corrected chi connectivity index (χ3v) is 7.24. The Morgan fingerprint density at radius 2 is 1.67 bits per heavy atom. The standard InChI is InChI=1S/C25H28Cl3N3O2/c1-24(2,3)12-19-25(17-7-6-14(26)11-18(17)29-23(25)33)20(21(30-19)22(32)31(4)5)13-8-15(27)10-16(28)9-13/h6-11,19-21,30H,12H2,1-5H3,(H,29,33)/t19-,20?,21?,25+/m1/s1. The number of nitrogens with one attached hydrogen (secondary N) is 2. The number of hydrogen-bond acceptors (Lipinski definition) is 3. The van der Waals surface area contributed by atoms with Gasteiger partial charge in [-0.3, -0.25) is 9.59 Å². The Labute approximate surface area is 209 Å². The third-order valence-electron chi connectivity index (χ3n) is 6.57. The lowest BCUT2D eigenvalue weighted by Gasteiger charge is -2.37. The van der Waals surface area contributed by atoms with Gasteiger partial charge in [-0.25, -0.2) is 0 Å². The summed E-state index contributed by atoms with van der Waals surface area (Å²) in [6, 6.07) is 9.76. The summed E-state index contributed by atoms with van der Waals surface area (Å²) in [6.45, 7) is 6.39. The Balaban J connectivity index is 2.03. The summed E-state index contributed by atoms with van der Waals surface area (Å²) in [5, 5.41) is 8.06. The molecule has 5 nitrogen and oxygen atoms in total. The van der Waals surface area contributed by atoms with E-state index in [0.29, 0.717) is 27.2 Å². The first-order valence-electron chi connectivity index (χ1n) is 10.9. The van der Waals surface area contributed by atoms with Gasteiger partial charge in [-0.15, -0.1) is 0 Å². The van der Waals surface area contributed by atoms with E-state index in [0.717, 1.165) is 11.1 Å². The summed E-state index contributed by atoms with van der Waals surface area (Å²) < 4.78 is 0. The van der Waals surface area contributed by atoms with Gasteiger partial charge in [-0.2, -0.15) is 0 Å². The van der Waals surface area contributed by atoms with Crippen LogP contribution in [0.25, 0.3) is 0 Å². The maximum Gasteiger partial charge on any atom is 0.239 e. The number of likely N-dealkylation sites (N-methyl/N-ethyl adjacent to an activating group) is 1. The van der Waals surface area contributed by atoms with Crippen LogP contribution in [0.1, 0.15) is 44.2 Å². The second-order valence-electron chi connectivity index (χ2n) is 10.4. The third kappa shape index (κ3) is 4.14. The molecular formula is C25H28Cl3N3O2. The van der Waals surface area contributed by atoms with Crippen LogP contribution in [0.2, 0.25) is 15.1 Å². The molecule has 0 bridgehead atoms. The Morgan fingerprint density at radius 3 is 2.24 bits per heavy atom. The minimum Gasteiger partial charge on any atom is -0.347 e. The average Bonchev–Trinajstić information content (AvgIpc) is 3.14. The van der Waals surface area contributed by atoms with E-state index in [-0.39, 0.29) is 23.3 Å². The zero-order chi connectivity index (χ0) is 24.3. The number of carbonyl (C=O) groups is 2. The lowest BCUT2D eigenvalue weighted by molar-refractivity contribution is -0.131. The van der Waals surface area contributed by atoms with Crippen molar-refractivity contribution in [3.05, 3.63) is 62.6 Å². The molecule has 2 heterocycles. The van der Waals surface area contributed by atoms with Crippen molar-refractivity contribution in [3.8, 4) is 0 Å². The molecule has 1 fully saturated rings. The number of rotatable bonds is 3. The monoisotopic (exact) mass is 507 g/mol. The highest BCUT2D eigenvalue weighted by atomic mass is 35.5. The van der Waals surface area contributed by atoms with Crippen LogP contribution in [0.15, 0.2) is 36.4 Å². The van der Waals surface area contributed by atoms with Crippen molar-refractivity contribution in [2.24, 2.45) is 5.41 Å². The van der Waals surface area contributed by atoms with E-state index in [1.165, 1.54) is 0 Å². The molecule has 8 heteroatoms. The molecule has 1 saturated heterocycles. The van der Waals surface area contributed by atoms with Crippen molar-refractivity contribution in [2.75, 3.05) is 19.4 Å². The van der Waals surface area contributed by atoms with Crippen LogP contribution in [0.5, 0.6) is 0 Å². The zero-order valence-electron chi connectivity index (χ0n) is 19.3. The number of carbonyl (C=O) groups excluding carboxylic acids is 2. The maximum absolute atomic E-state index is 14.0. The molecule has 1 spiro atoms. The van der Waals surface area contributed by atoms with Gasteiger partial charge in [0, 0.05) is 46.8 Å². The first-order valence-corrected chi connectivity index (χ1v) is 12.0. The summed E-state index contributed by atoms with van der Waals surface area (Å²) in [5.74, 6) is -0.794. The van der Waals surface area contributed by atoms with Gasteiger partial charge in [0.25, 0.3) is 0 Å². The van der Waals surface area contributed by atoms with E-state index in [1.807, 2.05) is 6.07 Å². The maximum atomic E-state index is 14.0. The molecular weight excluding hydrogens is 481 g/mol. The Bertz CT molecular complexity index is 1110. The highest BCUT2D eigenvalue weighted by Crippen LogP contribution is 2.57. The molecule has 2 N–H and O–H groups in total. The summed E-state index contributed by atoms with van der Waals surface area (Å²) >= 11 is 19.1. The molecule has 0 aromatic heterocycles. The molecule has 2 aromatic carbocycles. The predicted octanol–water partition coefficient (Wildman–Crippen LogP) is 5.49. The first kappa shape index (κ1) is 24.3. The molecule has 0 aliphatic carbocycles. The fourth-order valence-electron chi connectivity index (χ4n) is 5.44. The molecule has 176 valence electrons. The predicted molar refractivity (Wildman–Crippen MR) is 134 cm³/mol. The van der Waals surface area contributed by atoms with Gasteiger partial charge in [0.2, 0.25) is 11.8 Å². The number of halogens is 3. The molecule has 4 rings (SSSR count). The average molecular weight is 509 g/mol. The van der Waals surface area contributed by atoms with Gasteiger partial charge in [-0.05, 0) is 53.3 Å². The zero-order valence-corrected chi connectivity index (χ0v) is 21.6. The SMILES string of the molecule is CN(C)C(=O)C1N[C@H](CC(C)(C)C)[C@]2(C(=O)Nc3cc(Cl)ccc32)C1c1cc(Cl)cc(Cl)c1. The summed E-state index contributed by atoms with van der Waals surface area (Å²) in [5.41, 5.74) is 1.09. The molecule has 2 aromatic rings. The molecule has 2 aliphatic rings. The van der Waals surface area contributed by atoms with Crippen molar-refractivity contribution in [1.82, 2.24) is 10.2 Å². The minimum absolute atomic E-state index is 0.104. The number of fused-ring (bicyclic) bond motifs is 2. The second kappa shape index (κ2) is 8.46. The van der Waals surface area contributed by atoms with Crippen LogP contribution >= 0.6 is 34.8 Å². The van der Waals surface area contributed by atoms with E-state index in [9.17, 15) is 9.59 Å². The summed E-state index contributed by atoms with van der Waals surface area (Å²) in [7, 11) is 3.44. The van der Waals surface area contributed by atoms with Crippen molar-refractivity contribution >= 4 is 52.3 Å². The largest absolute Gasteiger partial charge is 0.347 e. The van der Waals surface area contributed by atoms with Gasteiger partial charge in [0.15, 0.2) is 0 Å². The normalized spacial score (nSPS) is 26.4. The van der Waals surface area contributed by atoms with Crippen LogP contribution in [0.4, 0.5) is 5.69 Å². The van der Waals surface area contributed by atoms with Gasteiger partial charge < -0.3 is 15.5 Å². The molecule has 0 saturated carbocycles. The Hall–Kier alpha value is -1.79.